The van der Waals surface area contributed by atoms with Gasteiger partial charge in [-0.15, -0.1) is 0 Å². The van der Waals surface area contributed by atoms with Crippen molar-refractivity contribution in [3.8, 4) is 0 Å². The molecular formula is C12H19BrN4O. The van der Waals surface area contributed by atoms with Gasteiger partial charge in [0, 0.05) is 23.8 Å². The first-order valence-electron chi connectivity index (χ1n) is 6.05. The number of hydrogen-bond acceptors (Lipinski definition) is 4. The summed E-state index contributed by atoms with van der Waals surface area (Å²) in [6, 6.07) is 3.58. The fourth-order valence-corrected chi connectivity index (χ4v) is 1.68. The predicted octanol–water partition coefficient (Wildman–Crippen LogP) is 1.37. The minimum absolute atomic E-state index is 0.0870. The van der Waals surface area contributed by atoms with Gasteiger partial charge in [0.1, 0.15) is 5.82 Å². The molecule has 0 atom stereocenters. The number of carbonyl (C=O) groups is 1. The zero-order valence-corrected chi connectivity index (χ0v) is 12.1. The molecule has 0 aliphatic rings. The Bertz CT molecular complexity index is 373. The number of anilines is 1. The molecule has 0 aromatic carbocycles. The quantitative estimate of drug-likeness (QED) is 0.634. The molecule has 0 aliphatic heterocycles. The SMILES string of the molecule is CCCNCCNCC(=O)Nc1cc(Br)ccn1. The first-order chi connectivity index (χ1) is 8.72. The lowest BCUT2D eigenvalue weighted by Crippen LogP contribution is -2.33. The van der Waals surface area contributed by atoms with E-state index in [1.54, 1.807) is 12.3 Å². The highest BCUT2D eigenvalue weighted by Crippen LogP contribution is 2.12. The molecule has 18 heavy (non-hydrogen) atoms. The van der Waals surface area contributed by atoms with Gasteiger partial charge in [-0.25, -0.2) is 4.98 Å². The van der Waals surface area contributed by atoms with Crippen molar-refractivity contribution in [2.75, 3.05) is 31.5 Å². The molecule has 3 N–H and O–H groups in total. The largest absolute Gasteiger partial charge is 0.315 e. The average molecular weight is 315 g/mol. The summed E-state index contributed by atoms with van der Waals surface area (Å²) in [7, 11) is 0. The number of halogens is 1. The average Bonchev–Trinajstić information content (AvgIpc) is 2.33. The monoisotopic (exact) mass is 314 g/mol. The minimum Gasteiger partial charge on any atom is -0.315 e. The Morgan fingerprint density at radius 3 is 2.83 bits per heavy atom. The first kappa shape index (κ1) is 15.1. The van der Waals surface area contributed by atoms with E-state index < -0.39 is 0 Å². The Labute approximate surface area is 116 Å². The van der Waals surface area contributed by atoms with Crippen molar-refractivity contribution in [3.05, 3.63) is 22.8 Å². The minimum atomic E-state index is -0.0870. The maximum atomic E-state index is 11.6. The van der Waals surface area contributed by atoms with Crippen LogP contribution in [0.15, 0.2) is 22.8 Å². The van der Waals surface area contributed by atoms with Gasteiger partial charge in [0.05, 0.1) is 6.54 Å². The van der Waals surface area contributed by atoms with Crippen LogP contribution in [0.4, 0.5) is 5.82 Å². The topological polar surface area (TPSA) is 66.0 Å². The molecule has 0 aliphatic carbocycles. The van der Waals surface area contributed by atoms with E-state index in [0.29, 0.717) is 12.4 Å². The molecule has 1 rings (SSSR count). The lowest BCUT2D eigenvalue weighted by molar-refractivity contribution is -0.115. The van der Waals surface area contributed by atoms with E-state index in [1.807, 2.05) is 6.07 Å². The third-order valence-electron chi connectivity index (χ3n) is 2.18. The number of nitrogens with one attached hydrogen (secondary N) is 3. The van der Waals surface area contributed by atoms with Gasteiger partial charge in [-0.1, -0.05) is 22.9 Å². The normalized spacial score (nSPS) is 10.3. The van der Waals surface area contributed by atoms with Crippen molar-refractivity contribution >= 4 is 27.7 Å². The molecule has 0 radical (unpaired) electrons. The highest BCUT2D eigenvalue weighted by molar-refractivity contribution is 9.10. The van der Waals surface area contributed by atoms with Crippen LogP contribution in [0.1, 0.15) is 13.3 Å². The van der Waals surface area contributed by atoms with Crippen molar-refractivity contribution in [2.45, 2.75) is 13.3 Å². The van der Waals surface area contributed by atoms with E-state index in [4.69, 9.17) is 0 Å². The molecule has 0 fully saturated rings. The fraction of sp³-hybridized carbons (Fsp3) is 0.500. The van der Waals surface area contributed by atoms with E-state index in [1.165, 1.54) is 0 Å². The van der Waals surface area contributed by atoms with Crippen LogP contribution >= 0.6 is 15.9 Å². The summed E-state index contributed by atoms with van der Waals surface area (Å²) < 4.78 is 0.893. The van der Waals surface area contributed by atoms with Gasteiger partial charge < -0.3 is 16.0 Å². The van der Waals surface area contributed by atoms with Gasteiger partial charge in [-0.05, 0) is 25.1 Å². The Morgan fingerprint density at radius 2 is 2.11 bits per heavy atom. The Balaban J connectivity index is 2.14. The number of pyridine rings is 1. The van der Waals surface area contributed by atoms with Gasteiger partial charge in [-0.3, -0.25) is 4.79 Å². The van der Waals surface area contributed by atoms with Crippen LogP contribution < -0.4 is 16.0 Å². The summed E-state index contributed by atoms with van der Waals surface area (Å²) >= 11 is 3.32. The molecule has 1 aromatic heterocycles. The van der Waals surface area contributed by atoms with Crippen molar-refractivity contribution in [1.29, 1.82) is 0 Å². The maximum absolute atomic E-state index is 11.6. The summed E-state index contributed by atoms with van der Waals surface area (Å²) in [6.07, 6.45) is 2.76. The van der Waals surface area contributed by atoms with E-state index in [0.717, 1.165) is 30.5 Å². The van der Waals surface area contributed by atoms with Crippen LogP contribution in [0.25, 0.3) is 0 Å². The Kier molecular flexibility index (Phi) is 7.55. The van der Waals surface area contributed by atoms with Crippen LogP contribution in [0.5, 0.6) is 0 Å². The molecule has 100 valence electrons. The molecule has 1 aromatic rings. The number of nitrogens with zero attached hydrogens (tertiary/aromatic N) is 1. The lowest BCUT2D eigenvalue weighted by atomic mass is 10.4. The zero-order valence-electron chi connectivity index (χ0n) is 10.5. The highest BCUT2D eigenvalue weighted by Gasteiger charge is 2.02. The van der Waals surface area contributed by atoms with Crippen LogP contribution in [0, 0.1) is 0 Å². The first-order valence-corrected chi connectivity index (χ1v) is 6.84. The van der Waals surface area contributed by atoms with Gasteiger partial charge in [0.15, 0.2) is 0 Å². The lowest BCUT2D eigenvalue weighted by Gasteiger charge is -2.07. The number of hydrogen-bond donors (Lipinski definition) is 3. The molecular weight excluding hydrogens is 296 g/mol. The second kappa shape index (κ2) is 9.02. The van der Waals surface area contributed by atoms with E-state index in [2.05, 4.69) is 43.8 Å². The molecule has 0 bridgehead atoms. The summed E-state index contributed by atoms with van der Waals surface area (Å²) in [6.45, 7) is 5.08. The standard InChI is InChI=1S/C12H19BrN4O/c1-2-4-14-6-7-15-9-12(18)17-11-8-10(13)3-5-16-11/h3,5,8,14-15H,2,4,6-7,9H2,1H3,(H,16,17,18). The van der Waals surface area contributed by atoms with Gasteiger partial charge >= 0.3 is 0 Å². The summed E-state index contributed by atoms with van der Waals surface area (Å²) in [5.74, 6) is 0.469. The third-order valence-corrected chi connectivity index (χ3v) is 2.67. The van der Waals surface area contributed by atoms with Crippen LogP contribution in [0.2, 0.25) is 0 Å². The summed E-state index contributed by atoms with van der Waals surface area (Å²) in [5.41, 5.74) is 0. The van der Waals surface area contributed by atoms with Gasteiger partial charge in [-0.2, -0.15) is 0 Å². The number of carbonyl (C=O) groups excluding carboxylic acids is 1. The smallest absolute Gasteiger partial charge is 0.239 e. The van der Waals surface area contributed by atoms with E-state index >= 15 is 0 Å². The summed E-state index contributed by atoms with van der Waals surface area (Å²) in [5, 5.41) is 9.04. The molecule has 0 saturated heterocycles. The fourth-order valence-electron chi connectivity index (χ4n) is 1.34. The van der Waals surface area contributed by atoms with Crippen LogP contribution in [0.3, 0.4) is 0 Å². The van der Waals surface area contributed by atoms with Crippen LogP contribution in [-0.2, 0) is 4.79 Å². The van der Waals surface area contributed by atoms with Crippen molar-refractivity contribution < 1.29 is 4.79 Å². The highest BCUT2D eigenvalue weighted by atomic mass is 79.9. The number of aromatic nitrogens is 1. The zero-order chi connectivity index (χ0) is 13.2. The second-order valence-electron chi connectivity index (χ2n) is 3.83. The molecule has 0 saturated carbocycles. The number of rotatable bonds is 8. The Morgan fingerprint density at radius 1 is 1.33 bits per heavy atom. The second-order valence-corrected chi connectivity index (χ2v) is 4.75. The summed E-state index contributed by atoms with van der Waals surface area (Å²) in [4.78, 5) is 15.6. The molecule has 0 spiro atoms. The van der Waals surface area contributed by atoms with Crippen molar-refractivity contribution in [3.63, 3.8) is 0 Å². The predicted molar refractivity (Wildman–Crippen MR) is 76.6 cm³/mol. The molecule has 5 nitrogen and oxygen atoms in total. The molecule has 0 unspecified atom stereocenters. The Hall–Kier alpha value is -0.980. The van der Waals surface area contributed by atoms with Crippen molar-refractivity contribution in [2.24, 2.45) is 0 Å². The van der Waals surface area contributed by atoms with E-state index in [-0.39, 0.29) is 5.91 Å². The molecule has 6 heteroatoms. The van der Waals surface area contributed by atoms with E-state index in [9.17, 15) is 4.79 Å². The van der Waals surface area contributed by atoms with Gasteiger partial charge in [0.25, 0.3) is 0 Å². The van der Waals surface area contributed by atoms with Crippen LogP contribution in [-0.4, -0.2) is 37.1 Å². The van der Waals surface area contributed by atoms with Gasteiger partial charge in [0.2, 0.25) is 5.91 Å². The number of amides is 1. The molecule has 1 heterocycles. The third kappa shape index (κ3) is 6.68. The van der Waals surface area contributed by atoms with Crippen molar-refractivity contribution in [1.82, 2.24) is 15.6 Å². The molecule has 1 amide bonds. The maximum Gasteiger partial charge on any atom is 0.239 e.